The molecule has 1 aromatic heterocycles. The summed E-state index contributed by atoms with van der Waals surface area (Å²) in [7, 11) is 1.85. The highest BCUT2D eigenvalue weighted by atomic mass is 16.2. The van der Waals surface area contributed by atoms with Gasteiger partial charge in [-0.1, -0.05) is 18.9 Å². The van der Waals surface area contributed by atoms with Gasteiger partial charge in [-0.25, -0.2) is 4.79 Å². The Morgan fingerprint density at radius 2 is 2.00 bits per heavy atom. The number of amides is 2. The van der Waals surface area contributed by atoms with Crippen LogP contribution >= 0.6 is 0 Å². The number of hydrogen-bond donors (Lipinski definition) is 0. The second-order valence-electron chi connectivity index (χ2n) is 4.86. The van der Waals surface area contributed by atoms with Gasteiger partial charge in [0, 0.05) is 26.3 Å². The van der Waals surface area contributed by atoms with Crippen molar-refractivity contribution >= 4 is 6.03 Å². The molecule has 0 radical (unpaired) electrons. The fraction of sp³-hybridized carbons (Fsp3) is 0.571. The van der Waals surface area contributed by atoms with E-state index in [1.165, 1.54) is 12.8 Å². The zero-order chi connectivity index (χ0) is 12.8. The van der Waals surface area contributed by atoms with Crippen molar-refractivity contribution in [2.75, 3.05) is 20.1 Å². The number of aromatic nitrogens is 1. The Kier molecular flexibility index (Phi) is 4.56. The maximum absolute atomic E-state index is 12.3. The first-order valence-corrected chi connectivity index (χ1v) is 6.67. The highest BCUT2D eigenvalue weighted by Crippen LogP contribution is 2.12. The van der Waals surface area contributed by atoms with Crippen LogP contribution < -0.4 is 0 Å². The summed E-state index contributed by atoms with van der Waals surface area (Å²) in [5, 5.41) is 0. The van der Waals surface area contributed by atoms with Crippen molar-refractivity contribution in [3.8, 4) is 0 Å². The van der Waals surface area contributed by atoms with Gasteiger partial charge in [-0.05, 0) is 25.0 Å². The standard InChI is InChI=1S/C14H21N3O/c1-16(12-13-8-4-5-9-15-13)14(18)17-10-6-2-3-7-11-17/h4-5,8-9H,2-3,6-7,10-12H2,1H3. The molecule has 0 bridgehead atoms. The van der Waals surface area contributed by atoms with Crippen molar-refractivity contribution in [1.82, 2.24) is 14.8 Å². The predicted molar refractivity (Wildman–Crippen MR) is 71.1 cm³/mol. The van der Waals surface area contributed by atoms with Crippen LogP contribution in [0.5, 0.6) is 0 Å². The zero-order valence-electron chi connectivity index (χ0n) is 11.0. The molecule has 4 heteroatoms. The van der Waals surface area contributed by atoms with E-state index in [1.54, 1.807) is 11.1 Å². The summed E-state index contributed by atoms with van der Waals surface area (Å²) in [4.78, 5) is 20.3. The van der Waals surface area contributed by atoms with Crippen molar-refractivity contribution in [2.24, 2.45) is 0 Å². The number of likely N-dealkylation sites (tertiary alicyclic amines) is 1. The molecule has 0 N–H and O–H groups in total. The molecule has 2 amide bonds. The first-order chi connectivity index (χ1) is 8.77. The lowest BCUT2D eigenvalue weighted by atomic mass is 10.2. The van der Waals surface area contributed by atoms with Gasteiger partial charge in [-0.15, -0.1) is 0 Å². The second-order valence-corrected chi connectivity index (χ2v) is 4.86. The van der Waals surface area contributed by atoms with E-state index in [0.717, 1.165) is 31.6 Å². The summed E-state index contributed by atoms with van der Waals surface area (Å²) >= 11 is 0. The van der Waals surface area contributed by atoms with Gasteiger partial charge >= 0.3 is 6.03 Å². The van der Waals surface area contributed by atoms with E-state index < -0.39 is 0 Å². The van der Waals surface area contributed by atoms with Crippen molar-refractivity contribution in [3.63, 3.8) is 0 Å². The molecule has 18 heavy (non-hydrogen) atoms. The quantitative estimate of drug-likeness (QED) is 0.805. The highest BCUT2D eigenvalue weighted by molar-refractivity contribution is 5.74. The molecule has 2 rings (SSSR count). The lowest BCUT2D eigenvalue weighted by Crippen LogP contribution is -2.41. The van der Waals surface area contributed by atoms with Gasteiger partial charge in [-0.2, -0.15) is 0 Å². The first kappa shape index (κ1) is 12.9. The van der Waals surface area contributed by atoms with E-state index in [9.17, 15) is 4.79 Å². The van der Waals surface area contributed by atoms with Crippen LogP contribution in [0.2, 0.25) is 0 Å². The topological polar surface area (TPSA) is 36.4 Å². The minimum absolute atomic E-state index is 0.127. The molecule has 1 fully saturated rings. The number of carbonyl (C=O) groups excluding carboxylic acids is 1. The van der Waals surface area contributed by atoms with Crippen LogP contribution in [-0.4, -0.2) is 41.0 Å². The van der Waals surface area contributed by atoms with Crippen molar-refractivity contribution in [1.29, 1.82) is 0 Å². The van der Waals surface area contributed by atoms with Crippen LogP contribution in [-0.2, 0) is 6.54 Å². The van der Waals surface area contributed by atoms with E-state index >= 15 is 0 Å². The average Bonchev–Trinajstić information content (AvgIpc) is 2.68. The van der Waals surface area contributed by atoms with Crippen LogP contribution in [0.1, 0.15) is 31.4 Å². The Morgan fingerprint density at radius 3 is 2.61 bits per heavy atom. The largest absolute Gasteiger partial charge is 0.325 e. The second kappa shape index (κ2) is 6.38. The maximum Gasteiger partial charge on any atom is 0.320 e. The Bertz CT molecular complexity index is 372. The maximum atomic E-state index is 12.3. The van der Waals surface area contributed by atoms with Gasteiger partial charge in [0.2, 0.25) is 0 Å². The molecule has 4 nitrogen and oxygen atoms in total. The molecule has 1 aliphatic heterocycles. The van der Waals surface area contributed by atoms with Gasteiger partial charge in [0.05, 0.1) is 12.2 Å². The van der Waals surface area contributed by atoms with E-state index in [1.807, 2.05) is 30.1 Å². The Hall–Kier alpha value is -1.58. The van der Waals surface area contributed by atoms with E-state index in [2.05, 4.69) is 4.98 Å². The lowest BCUT2D eigenvalue weighted by Gasteiger charge is -2.26. The van der Waals surface area contributed by atoms with Crippen LogP contribution in [0.3, 0.4) is 0 Å². The molecule has 0 spiro atoms. The minimum Gasteiger partial charge on any atom is -0.325 e. The summed E-state index contributed by atoms with van der Waals surface area (Å²) in [5.41, 5.74) is 0.933. The van der Waals surface area contributed by atoms with Crippen molar-refractivity contribution < 1.29 is 4.79 Å². The Labute approximate surface area is 109 Å². The molecule has 0 aromatic carbocycles. The van der Waals surface area contributed by atoms with Gasteiger partial charge in [0.1, 0.15) is 0 Å². The molecule has 2 heterocycles. The number of rotatable bonds is 2. The zero-order valence-corrected chi connectivity index (χ0v) is 11.0. The number of nitrogens with zero attached hydrogens (tertiary/aromatic N) is 3. The Morgan fingerprint density at radius 1 is 1.28 bits per heavy atom. The fourth-order valence-electron chi connectivity index (χ4n) is 2.31. The molecule has 0 unspecified atom stereocenters. The van der Waals surface area contributed by atoms with Gasteiger partial charge in [-0.3, -0.25) is 4.98 Å². The fourth-order valence-corrected chi connectivity index (χ4v) is 2.31. The molecule has 1 aliphatic rings. The smallest absolute Gasteiger partial charge is 0.320 e. The van der Waals surface area contributed by atoms with Gasteiger partial charge < -0.3 is 9.80 Å². The van der Waals surface area contributed by atoms with Crippen LogP contribution in [0, 0.1) is 0 Å². The molecule has 0 saturated carbocycles. The molecule has 0 aliphatic carbocycles. The molecule has 1 aromatic rings. The summed E-state index contributed by atoms with van der Waals surface area (Å²) in [6.45, 7) is 2.37. The van der Waals surface area contributed by atoms with Crippen molar-refractivity contribution in [2.45, 2.75) is 32.2 Å². The average molecular weight is 247 g/mol. The first-order valence-electron chi connectivity index (χ1n) is 6.67. The predicted octanol–water partition coefficient (Wildman–Crippen LogP) is 2.51. The number of carbonyl (C=O) groups is 1. The van der Waals surface area contributed by atoms with Crippen molar-refractivity contribution in [3.05, 3.63) is 30.1 Å². The summed E-state index contributed by atoms with van der Waals surface area (Å²) in [5.74, 6) is 0. The van der Waals surface area contributed by atoms with E-state index in [4.69, 9.17) is 0 Å². The number of pyridine rings is 1. The van der Waals surface area contributed by atoms with E-state index in [-0.39, 0.29) is 6.03 Å². The Balaban J connectivity index is 1.91. The SMILES string of the molecule is CN(Cc1ccccn1)C(=O)N1CCCCCC1. The number of urea groups is 1. The lowest BCUT2D eigenvalue weighted by molar-refractivity contribution is 0.162. The third-order valence-electron chi connectivity index (χ3n) is 3.33. The molecular weight excluding hydrogens is 226 g/mol. The summed E-state index contributed by atoms with van der Waals surface area (Å²) < 4.78 is 0. The van der Waals surface area contributed by atoms with Crippen LogP contribution in [0.4, 0.5) is 4.79 Å². The molecule has 0 atom stereocenters. The molecule has 1 saturated heterocycles. The number of hydrogen-bond acceptors (Lipinski definition) is 2. The summed E-state index contributed by atoms with van der Waals surface area (Å²) in [6.07, 6.45) is 6.51. The molecule has 98 valence electrons. The third kappa shape index (κ3) is 3.45. The minimum atomic E-state index is 0.127. The highest BCUT2D eigenvalue weighted by Gasteiger charge is 2.19. The summed E-state index contributed by atoms with van der Waals surface area (Å²) in [6, 6.07) is 5.92. The van der Waals surface area contributed by atoms with Gasteiger partial charge in [0.15, 0.2) is 0 Å². The monoisotopic (exact) mass is 247 g/mol. The van der Waals surface area contributed by atoms with Gasteiger partial charge in [0.25, 0.3) is 0 Å². The normalized spacial score (nSPS) is 16.2. The van der Waals surface area contributed by atoms with Crippen LogP contribution in [0.25, 0.3) is 0 Å². The van der Waals surface area contributed by atoms with E-state index in [0.29, 0.717) is 6.54 Å². The van der Waals surface area contributed by atoms with Crippen LogP contribution in [0.15, 0.2) is 24.4 Å². The third-order valence-corrected chi connectivity index (χ3v) is 3.33. The molecular formula is C14H21N3O.